The maximum Gasteiger partial charge on any atom is 0.0622 e. The van der Waals surface area contributed by atoms with Crippen molar-refractivity contribution in [2.45, 2.75) is 19.0 Å². The molecule has 0 radical (unpaired) electrons. The third-order valence-corrected chi connectivity index (χ3v) is 3.04. The molecule has 0 spiro atoms. The van der Waals surface area contributed by atoms with Gasteiger partial charge in [-0.05, 0) is 12.0 Å². The number of benzene rings is 1. The number of aliphatic hydroxyl groups excluding tert-OH is 1. The van der Waals surface area contributed by atoms with Crippen LogP contribution in [0.4, 0.5) is 0 Å². The molecule has 88 valence electrons. The monoisotopic (exact) mass is 221 g/mol. The van der Waals surface area contributed by atoms with Crippen LogP contribution in [0.3, 0.4) is 0 Å². The molecule has 1 fully saturated rings. The van der Waals surface area contributed by atoms with Crippen LogP contribution >= 0.6 is 0 Å². The summed E-state index contributed by atoms with van der Waals surface area (Å²) in [6.45, 7) is 3.48. The van der Waals surface area contributed by atoms with E-state index in [9.17, 15) is 0 Å². The number of ether oxygens (including phenoxy) is 1. The van der Waals surface area contributed by atoms with Gasteiger partial charge in [0.15, 0.2) is 0 Å². The van der Waals surface area contributed by atoms with Gasteiger partial charge in [-0.3, -0.25) is 4.90 Å². The van der Waals surface area contributed by atoms with Gasteiger partial charge in [-0.1, -0.05) is 30.3 Å². The summed E-state index contributed by atoms with van der Waals surface area (Å²) in [4.78, 5) is 2.31. The first-order valence-corrected chi connectivity index (χ1v) is 5.86. The van der Waals surface area contributed by atoms with Crippen LogP contribution in [0.25, 0.3) is 0 Å². The van der Waals surface area contributed by atoms with E-state index in [1.807, 2.05) is 6.07 Å². The molecule has 2 rings (SSSR count). The minimum absolute atomic E-state index is 0.212. The van der Waals surface area contributed by atoms with Crippen molar-refractivity contribution in [3.8, 4) is 0 Å². The summed E-state index contributed by atoms with van der Waals surface area (Å²) in [5.41, 5.74) is 1.29. The minimum Gasteiger partial charge on any atom is -0.395 e. The van der Waals surface area contributed by atoms with Gasteiger partial charge in [-0.25, -0.2) is 0 Å². The van der Waals surface area contributed by atoms with Gasteiger partial charge in [0.25, 0.3) is 0 Å². The number of nitrogens with zero attached hydrogens (tertiary/aromatic N) is 1. The van der Waals surface area contributed by atoms with E-state index >= 15 is 0 Å². The van der Waals surface area contributed by atoms with Crippen LogP contribution in [0.15, 0.2) is 30.3 Å². The molecule has 1 aliphatic rings. The summed E-state index contributed by atoms with van der Waals surface area (Å²) in [5, 5.41) is 9.09. The van der Waals surface area contributed by atoms with E-state index in [4.69, 9.17) is 9.84 Å². The van der Waals surface area contributed by atoms with Gasteiger partial charge in [0.05, 0.1) is 13.2 Å². The van der Waals surface area contributed by atoms with Crippen molar-refractivity contribution in [1.29, 1.82) is 0 Å². The maximum absolute atomic E-state index is 9.09. The van der Waals surface area contributed by atoms with Crippen molar-refractivity contribution in [3.63, 3.8) is 0 Å². The molecule has 1 heterocycles. The van der Waals surface area contributed by atoms with Crippen LogP contribution in [-0.4, -0.2) is 42.4 Å². The Hall–Kier alpha value is -0.900. The molecule has 1 aliphatic heterocycles. The lowest BCUT2D eigenvalue weighted by atomic mass is 10.1. The number of aliphatic hydroxyl groups is 1. The SMILES string of the molecule is OCCN(Cc1ccccc1)C1CCOC1. The quantitative estimate of drug-likeness (QED) is 0.812. The van der Waals surface area contributed by atoms with E-state index in [0.717, 1.165) is 32.7 Å². The molecular formula is C13H19NO2. The summed E-state index contributed by atoms with van der Waals surface area (Å²) in [6.07, 6.45) is 1.08. The fraction of sp³-hybridized carbons (Fsp3) is 0.538. The number of hydrogen-bond acceptors (Lipinski definition) is 3. The number of hydrogen-bond donors (Lipinski definition) is 1. The summed E-state index contributed by atoms with van der Waals surface area (Å²) in [6, 6.07) is 10.8. The molecule has 0 aromatic heterocycles. The van der Waals surface area contributed by atoms with E-state index < -0.39 is 0 Å². The standard InChI is InChI=1S/C13H19NO2/c15-8-7-14(13-6-9-16-11-13)10-12-4-2-1-3-5-12/h1-5,13,15H,6-11H2. The average molecular weight is 221 g/mol. The highest BCUT2D eigenvalue weighted by molar-refractivity contribution is 5.14. The van der Waals surface area contributed by atoms with E-state index in [1.54, 1.807) is 0 Å². The van der Waals surface area contributed by atoms with Crippen molar-refractivity contribution >= 4 is 0 Å². The van der Waals surface area contributed by atoms with Crippen LogP contribution in [0.5, 0.6) is 0 Å². The lowest BCUT2D eigenvalue weighted by Gasteiger charge is -2.27. The lowest BCUT2D eigenvalue weighted by molar-refractivity contribution is 0.118. The molecule has 3 nitrogen and oxygen atoms in total. The van der Waals surface area contributed by atoms with E-state index in [0.29, 0.717) is 6.04 Å². The van der Waals surface area contributed by atoms with Crippen LogP contribution in [0.1, 0.15) is 12.0 Å². The van der Waals surface area contributed by atoms with Gasteiger partial charge in [-0.2, -0.15) is 0 Å². The van der Waals surface area contributed by atoms with Crippen molar-refractivity contribution in [3.05, 3.63) is 35.9 Å². The molecular weight excluding hydrogens is 202 g/mol. The van der Waals surface area contributed by atoms with Gasteiger partial charge in [-0.15, -0.1) is 0 Å². The Morgan fingerprint density at radius 2 is 2.12 bits per heavy atom. The summed E-state index contributed by atoms with van der Waals surface area (Å²) in [5.74, 6) is 0. The normalized spacial score (nSPS) is 20.5. The average Bonchev–Trinajstić information content (AvgIpc) is 2.83. The highest BCUT2D eigenvalue weighted by Crippen LogP contribution is 2.15. The van der Waals surface area contributed by atoms with Crippen molar-refractivity contribution in [2.75, 3.05) is 26.4 Å². The summed E-state index contributed by atoms with van der Waals surface area (Å²) in [7, 11) is 0. The topological polar surface area (TPSA) is 32.7 Å². The zero-order valence-corrected chi connectivity index (χ0v) is 9.51. The minimum atomic E-state index is 0.212. The van der Waals surface area contributed by atoms with Crippen LogP contribution in [0.2, 0.25) is 0 Å². The first-order valence-electron chi connectivity index (χ1n) is 5.86. The van der Waals surface area contributed by atoms with Gasteiger partial charge in [0.2, 0.25) is 0 Å². The Bertz CT molecular complexity index is 296. The highest BCUT2D eigenvalue weighted by Gasteiger charge is 2.22. The van der Waals surface area contributed by atoms with Gasteiger partial charge >= 0.3 is 0 Å². The van der Waals surface area contributed by atoms with Crippen molar-refractivity contribution in [1.82, 2.24) is 4.90 Å². The molecule has 0 amide bonds. The molecule has 1 N–H and O–H groups in total. The summed E-state index contributed by atoms with van der Waals surface area (Å²) >= 11 is 0. The number of rotatable bonds is 5. The van der Waals surface area contributed by atoms with E-state index in [2.05, 4.69) is 29.2 Å². The summed E-state index contributed by atoms with van der Waals surface area (Å²) < 4.78 is 5.40. The zero-order chi connectivity index (χ0) is 11.2. The molecule has 3 heteroatoms. The van der Waals surface area contributed by atoms with Gasteiger partial charge < -0.3 is 9.84 Å². The van der Waals surface area contributed by atoms with Gasteiger partial charge in [0, 0.05) is 25.7 Å². The molecule has 0 aliphatic carbocycles. The smallest absolute Gasteiger partial charge is 0.0622 e. The largest absolute Gasteiger partial charge is 0.395 e. The first kappa shape index (κ1) is 11.6. The van der Waals surface area contributed by atoms with Crippen LogP contribution < -0.4 is 0 Å². The molecule has 0 saturated carbocycles. The first-order chi connectivity index (χ1) is 7.90. The molecule has 1 aromatic rings. The van der Waals surface area contributed by atoms with Crippen LogP contribution in [0, 0.1) is 0 Å². The van der Waals surface area contributed by atoms with Crippen molar-refractivity contribution in [2.24, 2.45) is 0 Å². The highest BCUT2D eigenvalue weighted by atomic mass is 16.5. The molecule has 16 heavy (non-hydrogen) atoms. The third kappa shape index (κ3) is 3.04. The molecule has 1 aromatic carbocycles. The van der Waals surface area contributed by atoms with E-state index in [1.165, 1.54) is 5.56 Å². The molecule has 0 bridgehead atoms. The Labute approximate surface area is 96.6 Å². The maximum atomic E-state index is 9.09. The second-order valence-electron chi connectivity index (χ2n) is 4.20. The second-order valence-corrected chi connectivity index (χ2v) is 4.20. The Balaban J connectivity index is 1.96. The Kier molecular flexibility index (Phi) is 4.34. The van der Waals surface area contributed by atoms with Crippen LogP contribution in [-0.2, 0) is 11.3 Å². The fourth-order valence-corrected chi connectivity index (χ4v) is 2.15. The zero-order valence-electron chi connectivity index (χ0n) is 9.51. The van der Waals surface area contributed by atoms with Gasteiger partial charge in [0.1, 0.15) is 0 Å². The molecule has 1 unspecified atom stereocenters. The predicted molar refractivity (Wildman–Crippen MR) is 63.2 cm³/mol. The molecule has 1 atom stereocenters. The Morgan fingerprint density at radius 3 is 2.75 bits per heavy atom. The third-order valence-electron chi connectivity index (χ3n) is 3.04. The van der Waals surface area contributed by atoms with E-state index in [-0.39, 0.29) is 6.61 Å². The second kappa shape index (κ2) is 5.99. The fourth-order valence-electron chi connectivity index (χ4n) is 2.15. The predicted octanol–water partition coefficient (Wildman–Crippen LogP) is 1.27. The molecule has 1 saturated heterocycles. The Morgan fingerprint density at radius 1 is 1.31 bits per heavy atom. The van der Waals surface area contributed by atoms with Crippen molar-refractivity contribution < 1.29 is 9.84 Å². The lowest BCUT2D eigenvalue weighted by Crippen LogP contribution is -2.37.